The van der Waals surface area contributed by atoms with Gasteiger partial charge in [0.15, 0.2) is 0 Å². The lowest BCUT2D eigenvalue weighted by atomic mass is 9.52. The average molecular weight is 264 g/mol. The van der Waals surface area contributed by atoms with Gasteiger partial charge in [-0.2, -0.15) is 0 Å². The van der Waals surface area contributed by atoms with E-state index in [0.717, 1.165) is 25.9 Å². The lowest BCUT2D eigenvalue weighted by Crippen LogP contribution is -2.63. The van der Waals surface area contributed by atoms with Crippen molar-refractivity contribution in [2.75, 3.05) is 6.61 Å². The zero-order valence-corrected chi connectivity index (χ0v) is 11.5. The molecule has 1 aromatic heterocycles. The van der Waals surface area contributed by atoms with Gasteiger partial charge < -0.3 is 14.0 Å². The van der Waals surface area contributed by atoms with Gasteiger partial charge in [0, 0.05) is 25.5 Å². The number of aryl methyl sites for hydroxylation is 1. The van der Waals surface area contributed by atoms with Gasteiger partial charge in [-0.15, -0.1) is 0 Å². The molecular formula is C14H20N2O3. The van der Waals surface area contributed by atoms with Crippen LogP contribution in [0.2, 0.25) is 0 Å². The minimum Gasteiger partial charge on any atom is -0.457 e. The van der Waals surface area contributed by atoms with Gasteiger partial charge in [-0.25, -0.2) is 9.78 Å². The van der Waals surface area contributed by atoms with E-state index in [1.165, 1.54) is 6.42 Å². The Bertz CT molecular complexity index is 479. The van der Waals surface area contributed by atoms with E-state index >= 15 is 0 Å². The van der Waals surface area contributed by atoms with Crippen molar-refractivity contribution < 1.29 is 14.3 Å². The second-order valence-electron chi connectivity index (χ2n) is 5.55. The zero-order valence-electron chi connectivity index (χ0n) is 11.5. The van der Waals surface area contributed by atoms with Crippen LogP contribution in [0.25, 0.3) is 0 Å². The molecule has 19 heavy (non-hydrogen) atoms. The number of carbonyl (C=O) groups excluding carboxylic acids is 1. The molecule has 0 unspecified atom stereocenters. The van der Waals surface area contributed by atoms with Crippen molar-refractivity contribution in [2.24, 2.45) is 12.5 Å². The number of rotatable bonds is 4. The number of nitrogens with zero attached hydrogens (tertiary/aromatic N) is 2. The highest BCUT2D eigenvalue weighted by atomic mass is 16.6. The molecule has 2 aliphatic carbocycles. The van der Waals surface area contributed by atoms with Gasteiger partial charge in [0.1, 0.15) is 11.8 Å². The van der Waals surface area contributed by atoms with Crippen LogP contribution in [0, 0.1) is 5.41 Å². The summed E-state index contributed by atoms with van der Waals surface area (Å²) in [7, 11) is 1.80. The second kappa shape index (κ2) is 4.63. The van der Waals surface area contributed by atoms with E-state index in [0.29, 0.717) is 5.69 Å². The maximum Gasteiger partial charge on any atom is 0.356 e. The van der Waals surface area contributed by atoms with Crippen LogP contribution in [0.1, 0.15) is 43.1 Å². The third kappa shape index (κ3) is 1.87. The minimum absolute atomic E-state index is 0.0141. The summed E-state index contributed by atoms with van der Waals surface area (Å²) >= 11 is 0. The molecule has 104 valence electrons. The third-order valence-corrected chi connectivity index (χ3v) is 4.64. The van der Waals surface area contributed by atoms with Gasteiger partial charge in [0.2, 0.25) is 0 Å². The van der Waals surface area contributed by atoms with Crippen LogP contribution in [0.3, 0.4) is 0 Å². The molecule has 0 N–H and O–H groups in total. The molecule has 2 atom stereocenters. The van der Waals surface area contributed by atoms with Gasteiger partial charge in [0.05, 0.1) is 18.6 Å². The lowest BCUT2D eigenvalue weighted by Gasteiger charge is -2.59. The summed E-state index contributed by atoms with van der Waals surface area (Å²) in [6.07, 6.45) is 7.72. The molecule has 2 aliphatic rings. The predicted molar refractivity (Wildman–Crippen MR) is 68.7 cm³/mol. The fourth-order valence-electron chi connectivity index (χ4n) is 3.28. The first kappa shape index (κ1) is 12.7. The number of carbonyl (C=O) groups is 1. The average Bonchev–Trinajstić information content (AvgIpc) is 2.71. The first-order chi connectivity index (χ1) is 9.17. The highest BCUT2D eigenvalue weighted by Crippen LogP contribution is 2.58. The summed E-state index contributed by atoms with van der Waals surface area (Å²) in [6, 6.07) is 0. The lowest BCUT2D eigenvalue weighted by molar-refractivity contribution is -0.225. The van der Waals surface area contributed by atoms with Gasteiger partial charge in [-0.3, -0.25) is 0 Å². The summed E-state index contributed by atoms with van der Waals surface area (Å²) in [4.78, 5) is 16.0. The van der Waals surface area contributed by atoms with Gasteiger partial charge in [-0.05, 0) is 19.8 Å². The van der Waals surface area contributed by atoms with Gasteiger partial charge in [-0.1, -0.05) is 6.42 Å². The van der Waals surface area contributed by atoms with E-state index < -0.39 is 0 Å². The topological polar surface area (TPSA) is 53.4 Å². The van der Waals surface area contributed by atoms with Crippen LogP contribution >= 0.6 is 0 Å². The number of esters is 1. The Kier molecular flexibility index (Phi) is 3.09. The highest BCUT2D eigenvalue weighted by Gasteiger charge is 2.61. The first-order valence-electron chi connectivity index (χ1n) is 6.96. The van der Waals surface area contributed by atoms with Crippen LogP contribution in [0.15, 0.2) is 12.5 Å². The molecule has 2 saturated carbocycles. The van der Waals surface area contributed by atoms with Crippen molar-refractivity contribution in [3.63, 3.8) is 0 Å². The summed E-state index contributed by atoms with van der Waals surface area (Å²) in [5.74, 6) is -0.272. The Hall–Kier alpha value is -1.36. The highest BCUT2D eigenvalue weighted by molar-refractivity contribution is 5.87. The SMILES string of the molecule is CCO[C@@H]1C[C@H](OC(=O)c2cncn2C)C12CCC2. The molecule has 0 aliphatic heterocycles. The van der Waals surface area contributed by atoms with Crippen LogP contribution in [-0.2, 0) is 16.5 Å². The molecule has 0 saturated heterocycles. The zero-order chi connectivity index (χ0) is 13.5. The van der Waals surface area contributed by atoms with E-state index in [4.69, 9.17) is 9.47 Å². The van der Waals surface area contributed by atoms with Crippen molar-refractivity contribution in [3.8, 4) is 0 Å². The molecule has 5 heteroatoms. The molecule has 1 spiro atoms. The Morgan fingerprint density at radius 3 is 2.84 bits per heavy atom. The maximum atomic E-state index is 12.1. The van der Waals surface area contributed by atoms with Crippen molar-refractivity contribution in [3.05, 3.63) is 18.2 Å². The van der Waals surface area contributed by atoms with Crippen LogP contribution in [-0.4, -0.2) is 34.3 Å². The first-order valence-corrected chi connectivity index (χ1v) is 6.96. The molecule has 3 rings (SSSR count). The summed E-state index contributed by atoms with van der Waals surface area (Å²) in [5.41, 5.74) is 0.610. The van der Waals surface area contributed by atoms with E-state index in [1.54, 1.807) is 24.1 Å². The maximum absolute atomic E-state index is 12.1. The molecule has 0 aromatic carbocycles. The van der Waals surface area contributed by atoms with Crippen LogP contribution < -0.4 is 0 Å². The quantitative estimate of drug-likeness (QED) is 0.780. The molecular weight excluding hydrogens is 244 g/mol. The Morgan fingerprint density at radius 2 is 2.32 bits per heavy atom. The number of hydrogen-bond acceptors (Lipinski definition) is 4. The van der Waals surface area contributed by atoms with E-state index in [2.05, 4.69) is 4.98 Å². The molecule has 0 amide bonds. The minimum atomic E-state index is -0.272. The van der Waals surface area contributed by atoms with Crippen molar-refractivity contribution in [1.82, 2.24) is 9.55 Å². The summed E-state index contributed by atoms with van der Waals surface area (Å²) in [5, 5.41) is 0. The molecule has 1 aromatic rings. The van der Waals surface area contributed by atoms with Crippen LogP contribution in [0.4, 0.5) is 0 Å². The molecule has 2 fully saturated rings. The Morgan fingerprint density at radius 1 is 1.53 bits per heavy atom. The van der Waals surface area contributed by atoms with E-state index in [-0.39, 0.29) is 23.6 Å². The van der Waals surface area contributed by atoms with Crippen molar-refractivity contribution >= 4 is 5.97 Å². The normalized spacial score (nSPS) is 27.7. The van der Waals surface area contributed by atoms with Gasteiger partial charge >= 0.3 is 5.97 Å². The fourth-order valence-corrected chi connectivity index (χ4v) is 3.28. The molecule has 1 heterocycles. The van der Waals surface area contributed by atoms with E-state index in [1.807, 2.05) is 6.92 Å². The summed E-state index contributed by atoms with van der Waals surface area (Å²) < 4.78 is 13.1. The molecule has 0 radical (unpaired) electrons. The fraction of sp³-hybridized carbons (Fsp3) is 0.714. The number of imidazole rings is 1. The monoisotopic (exact) mass is 264 g/mol. The third-order valence-electron chi connectivity index (χ3n) is 4.64. The van der Waals surface area contributed by atoms with Crippen molar-refractivity contribution in [1.29, 1.82) is 0 Å². The molecule has 0 bridgehead atoms. The summed E-state index contributed by atoms with van der Waals surface area (Å²) in [6.45, 7) is 2.75. The smallest absolute Gasteiger partial charge is 0.356 e. The number of aromatic nitrogens is 2. The van der Waals surface area contributed by atoms with Gasteiger partial charge in [0.25, 0.3) is 0 Å². The second-order valence-corrected chi connectivity index (χ2v) is 5.55. The van der Waals surface area contributed by atoms with Crippen LogP contribution in [0.5, 0.6) is 0 Å². The number of hydrogen-bond donors (Lipinski definition) is 0. The number of ether oxygens (including phenoxy) is 2. The standard InChI is InChI=1S/C14H20N2O3/c1-3-18-11-7-12(14(11)5-4-6-14)19-13(17)10-8-15-9-16(10)2/h8-9,11-12H,3-7H2,1-2H3/t11-,12+/m1/s1. The predicted octanol–water partition coefficient (Wildman–Crippen LogP) is 1.92. The molecule has 5 nitrogen and oxygen atoms in total. The Balaban J connectivity index is 1.65. The Labute approximate surface area is 112 Å². The van der Waals surface area contributed by atoms with Crippen molar-refractivity contribution in [2.45, 2.75) is 44.8 Å². The van der Waals surface area contributed by atoms with E-state index in [9.17, 15) is 4.79 Å². The largest absolute Gasteiger partial charge is 0.457 e.